The SMILES string of the molecule is COc1ccc(C(C)N2CC[C@H](C(F)(F)F)n3c2nc(O)cc3=O)cc1. The summed E-state index contributed by atoms with van der Waals surface area (Å²) in [5.41, 5.74) is -0.109. The molecule has 140 valence electrons. The van der Waals surface area contributed by atoms with Crippen LogP contribution in [0.5, 0.6) is 11.6 Å². The van der Waals surface area contributed by atoms with Gasteiger partial charge < -0.3 is 14.7 Å². The maximum absolute atomic E-state index is 13.4. The van der Waals surface area contributed by atoms with Gasteiger partial charge >= 0.3 is 6.18 Å². The van der Waals surface area contributed by atoms with Crippen LogP contribution in [0, 0.1) is 0 Å². The Bertz CT molecular complexity index is 849. The molecule has 0 saturated carbocycles. The Balaban J connectivity index is 2.05. The largest absolute Gasteiger partial charge is 0.497 e. The monoisotopic (exact) mass is 369 g/mol. The first kappa shape index (κ1) is 18.1. The van der Waals surface area contributed by atoms with Gasteiger partial charge in [0.2, 0.25) is 11.8 Å². The van der Waals surface area contributed by atoms with Crippen LogP contribution in [0.25, 0.3) is 0 Å². The summed E-state index contributed by atoms with van der Waals surface area (Å²) in [6.45, 7) is 1.85. The molecule has 0 spiro atoms. The van der Waals surface area contributed by atoms with Crippen molar-refractivity contribution in [3.8, 4) is 11.6 Å². The fraction of sp³-hybridized carbons (Fsp3) is 0.412. The van der Waals surface area contributed by atoms with Crippen molar-refractivity contribution >= 4 is 5.95 Å². The second kappa shape index (κ2) is 6.54. The predicted molar refractivity (Wildman–Crippen MR) is 88.6 cm³/mol. The highest BCUT2D eigenvalue weighted by molar-refractivity contribution is 5.42. The number of halogens is 3. The van der Waals surface area contributed by atoms with E-state index in [9.17, 15) is 23.1 Å². The summed E-state index contributed by atoms with van der Waals surface area (Å²) in [4.78, 5) is 17.6. The Morgan fingerprint density at radius 1 is 1.31 bits per heavy atom. The van der Waals surface area contributed by atoms with E-state index in [1.807, 2.05) is 0 Å². The lowest BCUT2D eigenvalue weighted by atomic mass is 10.0. The number of methoxy groups -OCH3 is 1. The van der Waals surface area contributed by atoms with Crippen LogP contribution in [0.3, 0.4) is 0 Å². The van der Waals surface area contributed by atoms with Gasteiger partial charge in [0.1, 0.15) is 11.8 Å². The number of rotatable bonds is 3. The highest BCUT2D eigenvalue weighted by atomic mass is 19.4. The first-order valence-electron chi connectivity index (χ1n) is 8.02. The van der Waals surface area contributed by atoms with E-state index in [4.69, 9.17) is 4.74 Å². The van der Waals surface area contributed by atoms with Crippen molar-refractivity contribution in [1.82, 2.24) is 9.55 Å². The number of hydrogen-bond acceptors (Lipinski definition) is 5. The zero-order valence-corrected chi connectivity index (χ0v) is 14.2. The van der Waals surface area contributed by atoms with Crippen molar-refractivity contribution in [2.24, 2.45) is 0 Å². The number of fused-ring (bicyclic) bond motifs is 1. The van der Waals surface area contributed by atoms with Crippen LogP contribution in [0.15, 0.2) is 35.1 Å². The molecule has 1 aromatic heterocycles. The van der Waals surface area contributed by atoms with Crippen LogP contribution in [0.4, 0.5) is 19.1 Å². The maximum Gasteiger partial charge on any atom is 0.409 e. The van der Waals surface area contributed by atoms with Crippen molar-refractivity contribution in [1.29, 1.82) is 0 Å². The van der Waals surface area contributed by atoms with Gasteiger partial charge in [-0.2, -0.15) is 18.2 Å². The summed E-state index contributed by atoms with van der Waals surface area (Å²) in [5, 5.41) is 9.65. The summed E-state index contributed by atoms with van der Waals surface area (Å²) in [6.07, 6.45) is -4.85. The fourth-order valence-corrected chi connectivity index (χ4v) is 3.19. The molecule has 6 nitrogen and oxygen atoms in total. The topological polar surface area (TPSA) is 67.6 Å². The molecule has 1 aromatic carbocycles. The highest BCUT2D eigenvalue weighted by Crippen LogP contribution is 2.40. The minimum absolute atomic E-state index is 0.0489. The van der Waals surface area contributed by atoms with Crippen molar-refractivity contribution in [2.75, 3.05) is 18.6 Å². The number of benzene rings is 1. The minimum Gasteiger partial charge on any atom is -0.497 e. The number of anilines is 1. The Labute approximate surface area is 147 Å². The maximum atomic E-state index is 13.4. The number of nitrogens with zero attached hydrogens (tertiary/aromatic N) is 3. The van der Waals surface area contributed by atoms with Gasteiger partial charge in [0.25, 0.3) is 5.56 Å². The molecule has 0 aliphatic carbocycles. The van der Waals surface area contributed by atoms with Crippen LogP contribution < -0.4 is 15.2 Å². The smallest absolute Gasteiger partial charge is 0.409 e. The van der Waals surface area contributed by atoms with E-state index >= 15 is 0 Å². The highest BCUT2D eigenvalue weighted by Gasteiger charge is 2.46. The molecule has 9 heteroatoms. The molecule has 2 atom stereocenters. The summed E-state index contributed by atoms with van der Waals surface area (Å²) in [7, 11) is 1.54. The molecule has 1 aliphatic heterocycles. The molecular formula is C17H18F3N3O3. The summed E-state index contributed by atoms with van der Waals surface area (Å²) < 4.78 is 45.8. The molecule has 0 radical (unpaired) electrons. The van der Waals surface area contributed by atoms with Crippen molar-refractivity contribution in [3.05, 3.63) is 46.2 Å². The first-order valence-corrected chi connectivity index (χ1v) is 8.02. The van der Waals surface area contributed by atoms with Crippen LogP contribution in [-0.2, 0) is 0 Å². The second-order valence-electron chi connectivity index (χ2n) is 6.11. The Morgan fingerprint density at radius 2 is 1.96 bits per heavy atom. The van der Waals surface area contributed by atoms with Crippen LogP contribution in [-0.4, -0.2) is 34.5 Å². The van der Waals surface area contributed by atoms with Crippen molar-refractivity contribution < 1.29 is 23.0 Å². The van der Waals surface area contributed by atoms with Crippen molar-refractivity contribution in [3.63, 3.8) is 0 Å². The molecule has 2 aromatic rings. The Hall–Kier alpha value is -2.71. The molecule has 0 amide bonds. The number of alkyl halides is 3. The molecule has 0 bridgehead atoms. The summed E-state index contributed by atoms with van der Waals surface area (Å²) in [6, 6.07) is 5.47. The van der Waals surface area contributed by atoms with Gasteiger partial charge in [-0.05, 0) is 31.0 Å². The predicted octanol–water partition coefficient (Wildman–Crippen LogP) is 3.03. The number of aromatic nitrogens is 2. The van der Waals surface area contributed by atoms with Crippen LogP contribution >= 0.6 is 0 Å². The minimum atomic E-state index is -4.58. The molecule has 0 saturated heterocycles. The zero-order chi connectivity index (χ0) is 19.1. The van der Waals surface area contributed by atoms with E-state index in [-0.39, 0.29) is 25.0 Å². The molecule has 3 rings (SSSR count). The third-order valence-electron chi connectivity index (χ3n) is 4.58. The lowest BCUT2D eigenvalue weighted by Gasteiger charge is -2.39. The average molecular weight is 369 g/mol. The first-order chi connectivity index (χ1) is 12.2. The van der Waals surface area contributed by atoms with E-state index in [1.54, 1.807) is 36.1 Å². The van der Waals surface area contributed by atoms with E-state index in [0.717, 1.165) is 5.56 Å². The quantitative estimate of drug-likeness (QED) is 0.901. The van der Waals surface area contributed by atoms with Gasteiger partial charge in [0.15, 0.2) is 0 Å². The fourth-order valence-electron chi connectivity index (χ4n) is 3.19. The number of aromatic hydroxyl groups is 1. The third-order valence-corrected chi connectivity index (χ3v) is 4.58. The van der Waals surface area contributed by atoms with E-state index in [2.05, 4.69) is 4.98 Å². The van der Waals surface area contributed by atoms with Crippen LogP contribution in [0.2, 0.25) is 0 Å². The van der Waals surface area contributed by atoms with E-state index in [1.165, 1.54) is 7.11 Å². The molecule has 1 aliphatic rings. The standard InChI is InChI=1S/C17H18F3N3O3/c1-10(11-3-5-12(26-2)6-4-11)22-8-7-13(17(18,19)20)23-15(25)9-14(24)21-16(22)23/h3-6,9-10,13,24H,7-8H2,1-2H3/t10?,13-/m1/s1. The van der Waals surface area contributed by atoms with Gasteiger partial charge in [0, 0.05) is 6.54 Å². The normalized spacial score (nSPS) is 18.3. The Kier molecular flexibility index (Phi) is 4.55. The van der Waals surface area contributed by atoms with Gasteiger partial charge in [-0.15, -0.1) is 0 Å². The number of ether oxygens (including phenoxy) is 1. The summed E-state index contributed by atoms with van der Waals surface area (Å²) >= 11 is 0. The molecule has 1 unspecified atom stereocenters. The van der Waals surface area contributed by atoms with E-state index < -0.39 is 23.7 Å². The van der Waals surface area contributed by atoms with Gasteiger partial charge in [-0.3, -0.25) is 9.36 Å². The van der Waals surface area contributed by atoms with E-state index in [0.29, 0.717) is 16.4 Å². The molecule has 0 fully saturated rings. The molecule has 26 heavy (non-hydrogen) atoms. The zero-order valence-electron chi connectivity index (χ0n) is 14.2. The second-order valence-corrected chi connectivity index (χ2v) is 6.11. The van der Waals surface area contributed by atoms with Gasteiger partial charge in [-0.25, -0.2) is 0 Å². The van der Waals surface area contributed by atoms with Gasteiger partial charge in [0.05, 0.1) is 19.2 Å². The van der Waals surface area contributed by atoms with Crippen molar-refractivity contribution in [2.45, 2.75) is 31.6 Å². The molecular weight excluding hydrogens is 351 g/mol. The average Bonchev–Trinajstić information content (AvgIpc) is 2.59. The molecule has 1 N–H and O–H groups in total. The molecule has 2 heterocycles. The summed E-state index contributed by atoms with van der Waals surface area (Å²) in [5.74, 6) is -0.132. The number of hydrogen-bond donors (Lipinski definition) is 1. The van der Waals surface area contributed by atoms with Crippen LogP contribution in [0.1, 0.15) is 31.0 Å². The lowest BCUT2D eigenvalue weighted by Crippen LogP contribution is -2.46. The third kappa shape index (κ3) is 3.21. The van der Waals surface area contributed by atoms with Gasteiger partial charge in [-0.1, -0.05) is 12.1 Å². The lowest BCUT2D eigenvalue weighted by molar-refractivity contribution is -0.171. The Morgan fingerprint density at radius 3 is 2.54 bits per heavy atom.